The summed E-state index contributed by atoms with van der Waals surface area (Å²) in [5.74, 6) is 0. The van der Waals surface area contributed by atoms with Gasteiger partial charge in [0.25, 0.3) is 0 Å². The fraction of sp³-hybridized carbons (Fsp3) is 0.611. The van der Waals surface area contributed by atoms with Crippen molar-refractivity contribution >= 4 is 6.09 Å². The average Bonchev–Trinajstić information content (AvgIpc) is 2.65. The summed E-state index contributed by atoms with van der Waals surface area (Å²) in [6.07, 6.45) is 2.85. The lowest BCUT2D eigenvalue weighted by atomic mass is 9.99. The molecule has 1 N–H and O–H groups in total. The maximum atomic E-state index is 12.3. The molecule has 0 radical (unpaired) electrons. The molecule has 1 aromatic rings. The number of fused-ring (bicyclic) bond motifs is 1. The van der Waals surface area contributed by atoms with Crippen LogP contribution in [-0.2, 0) is 24.1 Å². The number of nitrogens with one attached hydrogen (secondary N) is 1. The molecule has 1 aliphatic rings. The third-order valence-corrected chi connectivity index (χ3v) is 3.82. The van der Waals surface area contributed by atoms with Crippen LogP contribution in [0.4, 0.5) is 4.79 Å². The number of hydrogen-bond donors (Lipinski definition) is 1. The first-order valence-corrected chi connectivity index (χ1v) is 8.12. The Kier molecular flexibility index (Phi) is 5.46. The Morgan fingerprint density at radius 2 is 2.09 bits per heavy atom. The highest BCUT2D eigenvalue weighted by Gasteiger charge is 2.24. The van der Waals surface area contributed by atoms with Gasteiger partial charge in [0, 0.05) is 13.1 Å². The van der Waals surface area contributed by atoms with Crippen LogP contribution < -0.4 is 5.32 Å². The number of rotatable bonds is 3. The fourth-order valence-corrected chi connectivity index (χ4v) is 2.72. The van der Waals surface area contributed by atoms with Gasteiger partial charge in [-0.15, -0.1) is 0 Å². The summed E-state index contributed by atoms with van der Waals surface area (Å²) in [5.41, 5.74) is 3.54. The summed E-state index contributed by atoms with van der Waals surface area (Å²) in [6, 6.07) is 6.64. The lowest BCUT2D eigenvalue weighted by Crippen LogP contribution is -2.36. The van der Waals surface area contributed by atoms with E-state index in [1.54, 1.807) is 0 Å². The number of likely N-dealkylation sites (N-methyl/N-ethyl adjacent to an activating group) is 1. The third-order valence-electron chi connectivity index (χ3n) is 3.82. The molecule has 0 spiro atoms. The third kappa shape index (κ3) is 4.73. The topological polar surface area (TPSA) is 41.6 Å². The van der Waals surface area contributed by atoms with Gasteiger partial charge in [0.05, 0.1) is 0 Å². The van der Waals surface area contributed by atoms with Gasteiger partial charge in [-0.3, -0.25) is 0 Å². The molecule has 1 aliphatic heterocycles. The normalized spacial score (nSPS) is 15.2. The molecular weight excluding hydrogens is 276 g/mol. The standard InChI is InChI=1S/C18H28N2O2/c1-18(2,3)22-17(21)20-11-5-6-15-12-14(9-10-19-4)7-8-16(15)13-20/h7-8,12,19H,5-6,9-11,13H2,1-4H3. The van der Waals surface area contributed by atoms with E-state index in [2.05, 4.69) is 23.5 Å². The molecule has 0 saturated heterocycles. The molecule has 4 heteroatoms. The van der Waals surface area contributed by atoms with Crippen LogP contribution in [0.5, 0.6) is 0 Å². The minimum atomic E-state index is -0.441. The van der Waals surface area contributed by atoms with Crippen molar-refractivity contribution in [1.82, 2.24) is 10.2 Å². The fourth-order valence-electron chi connectivity index (χ4n) is 2.72. The summed E-state index contributed by atoms with van der Waals surface area (Å²) in [6.45, 7) is 8.12. The van der Waals surface area contributed by atoms with E-state index in [0.717, 1.165) is 32.4 Å². The second kappa shape index (κ2) is 7.14. The van der Waals surface area contributed by atoms with Gasteiger partial charge in [-0.05, 0) is 70.3 Å². The zero-order chi connectivity index (χ0) is 16.2. The van der Waals surface area contributed by atoms with E-state index in [1.165, 1.54) is 16.7 Å². The number of amides is 1. The summed E-state index contributed by atoms with van der Waals surface area (Å²) in [5, 5.41) is 3.18. The molecule has 0 unspecified atom stereocenters. The molecule has 4 nitrogen and oxygen atoms in total. The molecule has 122 valence electrons. The largest absolute Gasteiger partial charge is 0.444 e. The highest BCUT2D eigenvalue weighted by Crippen LogP contribution is 2.22. The Bertz CT molecular complexity index is 520. The van der Waals surface area contributed by atoms with Crippen LogP contribution in [0, 0.1) is 0 Å². The van der Waals surface area contributed by atoms with Crippen molar-refractivity contribution in [1.29, 1.82) is 0 Å². The Morgan fingerprint density at radius 3 is 2.77 bits per heavy atom. The second-order valence-electron chi connectivity index (χ2n) is 6.96. The number of carbonyl (C=O) groups excluding carboxylic acids is 1. The molecule has 2 rings (SSSR count). The van der Waals surface area contributed by atoms with Gasteiger partial charge >= 0.3 is 6.09 Å². The van der Waals surface area contributed by atoms with Crippen LogP contribution in [0.1, 0.15) is 43.9 Å². The van der Waals surface area contributed by atoms with Crippen molar-refractivity contribution in [3.8, 4) is 0 Å². The zero-order valence-corrected chi connectivity index (χ0v) is 14.2. The van der Waals surface area contributed by atoms with E-state index < -0.39 is 5.60 Å². The number of hydrogen-bond acceptors (Lipinski definition) is 3. The molecule has 1 aromatic carbocycles. The predicted octanol–water partition coefficient (Wildman–Crippen LogP) is 3.13. The van der Waals surface area contributed by atoms with Gasteiger partial charge in [0.15, 0.2) is 0 Å². The van der Waals surface area contributed by atoms with Crippen molar-refractivity contribution in [3.63, 3.8) is 0 Å². The maximum absolute atomic E-state index is 12.3. The lowest BCUT2D eigenvalue weighted by molar-refractivity contribution is 0.0237. The average molecular weight is 304 g/mol. The van der Waals surface area contributed by atoms with E-state index >= 15 is 0 Å². The summed E-state index contributed by atoms with van der Waals surface area (Å²) in [7, 11) is 1.97. The molecule has 0 atom stereocenters. The van der Waals surface area contributed by atoms with Crippen LogP contribution in [-0.4, -0.2) is 36.7 Å². The minimum Gasteiger partial charge on any atom is -0.444 e. The number of carbonyl (C=O) groups is 1. The Hall–Kier alpha value is -1.55. The van der Waals surface area contributed by atoms with Crippen LogP contribution in [0.2, 0.25) is 0 Å². The monoisotopic (exact) mass is 304 g/mol. The molecule has 0 saturated carbocycles. The first kappa shape index (κ1) is 16.8. The number of ether oxygens (including phenoxy) is 1. The first-order chi connectivity index (χ1) is 10.4. The summed E-state index contributed by atoms with van der Waals surface area (Å²) in [4.78, 5) is 14.1. The first-order valence-electron chi connectivity index (χ1n) is 8.12. The molecule has 0 fully saturated rings. The Morgan fingerprint density at radius 1 is 1.32 bits per heavy atom. The van der Waals surface area contributed by atoms with Crippen molar-refractivity contribution in [3.05, 3.63) is 34.9 Å². The van der Waals surface area contributed by atoms with Crippen molar-refractivity contribution in [2.75, 3.05) is 20.1 Å². The minimum absolute atomic E-state index is 0.209. The van der Waals surface area contributed by atoms with Gasteiger partial charge < -0.3 is 15.0 Å². The number of benzene rings is 1. The second-order valence-corrected chi connectivity index (χ2v) is 6.96. The smallest absolute Gasteiger partial charge is 0.410 e. The molecule has 0 aromatic heterocycles. The Labute approximate surface area is 133 Å². The van der Waals surface area contributed by atoms with E-state index in [9.17, 15) is 4.79 Å². The predicted molar refractivity (Wildman–Crippen MR) is 89.0 cm³/mol. The quantitative estimate of drug-likeness (QED) is 0.933. The van der Waals surface area contributed by atoms with Gasteiger partial charge in [0.1, 0.15) is 5.60 Å². The van der Waals surface area contributed by atoms with Gasteiger partial charge in [0.2, 0.25) is 0 Å². The number of nitrogens with zero attached hydrogens (tertiary/aromatic N) is 1. The maximum Gasteiger partial charge on any atom is 0.410 e. The van der Waals surface area contributed by atoms with Gasteiger partial charge in [-0.2, -0.15) is 0 Å². The summed E-state index contributed by atoms with van der Waals surface area (Å²) >= 11 is 0. The molecule has 1 amide bonds. The van der Waals surface area contributed by atoms with E-state index in [-0.39, 0.29) is 6.09 Å². The van der Waals surface area contributed by atoms with Crippen molar-refractivity contribution in [2.45, 2.75) is 52.2 Å². The van der Waals surface area contributed by atoms with Crippen LogP contribution in [0.3, 0.4) is 0 Å². The van der Waals surface area contributed by atoms with Crippen LogP contribution in [0.15, 0.2) is 18.2 Å². The Balaban J connectivity index is 2.08. The zero-order valence-electron chi connectivity index (χ0n) is 14.2. The van der Waals surface area contributed by atoms with Crippen LogP contribution in [0.25, 0.3) is 0 Å². The molecule has 0 bridgehead atoms. The highest BCUT2D eigenvalue weighted by atomic mass is 16.6. The van der Waals surface area contributed by atoms with Gasteiger partial charge in [-0.1, -0.05) is 18.2 Å². The summed E-state index contributed by atoms with van der Waals surface area (Å²) < 4.78 is 5.50. The lowest BCUT2D eigenvalue weighted by Gasteiger charge is -2.26. The van der Waals surface area contributed by atoms with E-state index in [1.807, 2.05) is 32.7 Å². The SMILES string of the molecule is CNCCc1ccc2c(c1)CCCN(C(=O)OC(C)(C)C)C2. The molecule has 22 heavy (non-hydrogen) atoms. The van der Waals surface area contributed by atoms with Crippen molar-refractivity contribution < 1.29 is 9.53 Å². The number of aryl methyl sites for hydroxylation is 1. The van der Waals surface area contributed by atoms with E-state index in [4.69, 9.17) is 4.74 Å². The highest BCUT2D eigenvalue weighted by molar-refractivity contribution is 5.68. The van der Waals surface area contributed by atoms with Gasteiger partial charge in [-0.25, -0.2) is 4.79 Å². The van der Waals surface area contributed by atoms with Crippen LogP contribution >= 0.6 is 0 Å². The molecular formula is C18H28N2O2. The van der Waals surface area contributed by atoms with E-state index in [0.29, 0.717) is 6.54 Å². The van der Waals surface area contributed by atoms with Crippen molar-refractivity contribution in [2.24, 2.45) is 0 Å². The molecule has 1 heterocycles. The molecule has 0 aliphatic carbocycles.